The molecular weight excluding hydrogens is 552 g/mol. The van der Waals surface area contributed by atoms with Crippen molar-refractivity contribution >= 4 is 40.1 Å². The maximum absolute atomic E-state index is 13.7. The number of likely N-dealkylation sites (tertiary alicyclic amines) is 1. The van der Waals surface area contributed by atoms with Crippen LogP contribution < -0.4 is 10.1 Å². The number of nitrogens with zero attached hydrogens (tertiary/aromatic N) is 4. The fraction of sp³-hybridized carbons (Fsp3) is 0.387. The molecule has 2 aliphatic rings. The molecule has 2 atom stereocenters. The molecule has 1 saturated heterocycles. The third kappa shape index (κ3) is 6.15. The Balaban J connectivity index is 1.23. The summed E-state index contributed by atoms with van der Waals surface area (Å²) in [5.41, 5.74) is 3.90. The summed E-state index contributed by atoms with van der Waals surface area (Å²) in [7, 11) is 0. The molecule has 0 aliphatic carbocycles. The summed E-state index contributed by atoms with van der Waals surface area (Å²) in [4.78, 5) is 55.8. The number of H-pyrrole nitrogens is 1. The summed E-state index contributed by atoms with van der Waals surface area (Å²) in [6.45, 7) is 5.50. The molecule has 218 valence electrons. The van der Waals surface area contributed by atoms with Gasteiger partial charge in [0.15, 0.2) is 0 Å². The molecule has 2 aromatic heterocycles. The van der Waals surface area contributed by atoms with Gasteiger partial charge < -0.3 is 24.8 Å². The van der Waals surface area contributed by atoms with E-state index in [0.717, 1.165) is 45.3 Å². The average molecular weight is 587 g/mol. The number of carbonyl (C=O) groups excluding carboxylic acids is 3. The molecule has 6 rings (SSSR count). The van der Waals surface area contributed by atoms with E-state index in [-0.39, 0.29) is 42.6 Å². The van der Waals surface area contributed by atoms with Gasteiger partial charge in [-0.3, -0.25) is 14.4 Å². The molecular formula is C31H34N6O4S. The normalized spacial score (nSPS) is 19.6. The fourth-order valence-corrected chi connectivity index (χ4v) is 6.42. The second-order valence-corrected chi connectivity index (χ2v) is 12.1. The van der Waals surface area contributed by atoms with Gasteiger partial charge in [-0.2, -0.15) is 0 Å². The minimum absolute atomic E-state index is 0.0458. The van der Waals surface area contributed by atoms with Gasteiger partial charge in [0.2, 0.25) is 11.8 Å². The van der Waals surface area contributed by atoms with E-state index in [4.69, 9.17) is 4.74 Å². The van der Waals surface area contributed by atoms with Crippen LogP contribution >= 0.6 is 11.3 Å². The lowest BCUT2D eigenvalue weighted by atomic mass is 9.94. The molecule has 0 radical (unpaired) electrons. The van der Waals surface area contributed by atoms with Crippen molar-refractivity contribution in [1.29, 1.82) is 0 Å². The smallest absolute Gasteiger partial charge is 0.254 e. The Hall–Kier alpha value is -4.25. The molecule has 2 bridgehead atoms. The Morgan fingerprint density at radius 1 is 1.07 bits per heavy atom. The summed E-state index contributed by atoms with van der Waals surface area (Å²) in [5, 5.41) is 5.96. The first-order valence-electron chi connectivity index (χ1n) is 14.3. The summed E-state index contributed by atoms with van der Waals surface area (Å²) < 4.78 is 6.05. The number of aromatic nitrogens is 3. The second-order valence-electron chi connectivity index (χ2n) is 11.0. The molecule has 0 unspecified atom stereocenters. The zero-order chi connectivity index (χ0) is 29.2. The van der Waals surface area contributed by atoms with Gasteiger partial charge in [0.25, 0.3) is 5.91 Å². The molecule has 4 aromatic rings. The fourth-order valence-electron chi connectivity index (χ4n) is 5.81. The van der Waals surface area contributed by atoms with Gasteiger partial charge in [-0.1, -0.05) is 12.1 Å². The number of ether oxygens (including phenoxy) is 1. The van der Waals surface area contributed by atoms with Crippen LogP contribution in [-0.2, 0) is 16.0 Å². The largest absolute Gasteiger partial charge is 0.494 e. The van der Waals surface area contributed by atoms with E-state index in [9.17, 15) is 14.4 Å². The van der Waals surface area contributed by atoms with Crippen LogP contribution in [0.15, 0.2) is 47.8 Å². The van der Waals surface area contributed by atoms with Crippen molar-refractivity contribution in [3.8, 4) is 5.75 Å². The zero-order valence-electron chi connectivity index (χ0n) is 23.8. The number of fused-ring (bicyclic) bond motifs is 5. The van der Waals surface area contributed by atoms with Gasteiger partial charge in [0.1, 0.15) is 11.6 Å². The zero-order valence-corrected chi connectivity index (χ0v) is 24.6. The van der Waals surface area contributed by atoms with E-state index < -0.39 is 0 Å². The maximum Gasteiger partial charge on any atom is 0.254 e. The monoisotopic (exact) mass is 586 g/mol. The van der Waals surface area contributed by atoms with Crippen molar-refractivity contribution in [2.24, 2.45) is 0 Å². The molecule has 0 spiro atoms. The van der Waals surface area contributed by atoms with Crippen LogP contribution in [0.25, 0.3) is 11.0 Å². The number of nitrogens with one attached hydrogen (secondary N) is 2. The highest BCUT2D eigenvalue weighted by Gasteiger charge is 2.38. The summed E-state index contributed by atoms with van der Waals surface area (Å²) in [5.74, 6) is 0.945. The van der Waals surface area contributed by atoms with Crippen LogP contribution in [0.3, 0.4) is 0 Å². The second kappa shape index (κ2) is 11.9. The lowest BCUT2D eigenvalue weighted by Crippen LogP contribution is -2.47. The van der Waals surface area contributed by atoms with Crippen molar-refractivity contribution in [2.45, 2.75) is 45.1 Å². The third-order valence-electron chi connectivity index (χ3n) is 7.86. The molecule has 42 heavy (non-hydrogen) atoms. The lowest BCUT2D eigenvalue weighted by Gasteiger charge is -2.25. The SMILES string of the molecule is Cc1nc2ccc(C(=O)N3C[C@@H]4NC(=O)CN(C(=O)Cc5csc(C)n5)CCCCOc5cccc(c5)[C@H]4C3)cc2[nH]1. The summed E-state index contributed by atoms with van der Waals surface area (Å²) in [6, 6.07) is 13.0. The predicted octanol–water partition coefficient (Wildman–Crippen LogP) is 3.60. The van der Waals surface area contributed by atoms with E-state index >= 15 is 0 Å². The van der Waals surface area contributed by atoms with Crippen LogP contribution in [-0.4, -0.2) is 81.3 Å². The van der Waals surface area contributed by atoms with Crippen molar-refractivity contribution < 1.29 is 19.1 Å². The Morgan fingerprint density at radius 3 is 2.79 bits per heavy atom. The lowest BCUT2D eigenvalue weighted by molar-refractivity contribution is -0.135. The van der Waals surface area contributed by atoms with Crippen LogP contribution in [0.5, 0.6) is 5.75 Å². The first-order chi connectivity index (χ1) is 20.3. The number of amides is 3. The third-order valence-corrected chi connectivity index (χ3v) is 8.69. The van der Waals surface area contributed by atoms with Gasteiger partial charge in [-0.25, -0.2) is 9.97 Å². The number of hydrogen-bond donors (Lipinski definition) is 2. The maximum atomic E-state index is 13.7. The number of carbonyl (C=O) groups is 3. The van der Waals surface area contributed by atoms with E-state index in [0.29, 0.717) is 38.2 Å². The number of rotatable bonds is 3. The average Bonchev–Trinajstić information content (AvgIpc) is 3.68. The minimum Gasteiger partial charge on any atom is -0.494 e. The Kier molecular flexibility index (Phi) is 7.92. The van der Waals surface area contributed by atoms with Gasteiger partial charge in [0.05, 0.1) is 47.3 Å². The number of aryl methyl sites for hydroxylation is 2. The topological polar surface area (TPSA) is 121 Å². The van der Waals surface area contributed by atoms with Crippen molar-refractivity contribution in [3.63, 3.8) is 0 Å². The highest BCUT2D eigenvalue weighted by molar-refractivity contribution is 7.09. The summed E-state index contributed by atoms with van der Waals surface area (Å²) >= 11 is 1.51. The molecule has 4 heterocycles. The first-order valence-corrected chi connectivity index (χ1v) is 15.2. The van der Waals surface area contributed by atoms with E-state index in [2.05, 4.69) is 20.3 Å². The molecule has 0 saturated carbocycles. The number of benzene rings is 2. The number of aromatic amines is 1. The van der Waals surface area contributed by atoms with E-state index in [1.807, 2.05) is 55.6 Å². The van der Waals surface area contributed by atoms with Crippen LogP contribution in [0.4, 0.5) is 0 Å². The van der Waals surface area contributed by atoms with Crippen LogP contribution in [0.1, 0.15) is 51.2 Å². The van der Waals surface area contributed by atoms with Gasteiger partial charge >= 0.3 is 0 Å². The van der Waals surface area contributed by atoms with Crippen molar-refractivity contribution in [3.05, 3.63) is 75.5 Å². The molecule has 10 nitrogen and oxygen atoms in total. The standard InChI is InChI=1S/C31H34N6O4S/c1-19-32-26-9-8-22(13-27(26)33-19)31(40)37-15-25-21-6-5-7-24(12-21)41-11-4-3-10-36(17-29(38)35-28(25)16-37)30(39)14-23-18-42-20(2)34-23/h5-9,12-13,18,25,28H,3-4,10-11,14-17H2,1-2H3,(H,32,33)(H,35,38)/t25-,28+/m1/s1. The van der Waals surface area contributed by atoms with Gasteiger partial charge in [-0.15, -0.1) is 11.3 Å². The molecule has 1 fully saturated rings. The van der Waals surface area contributed by atoms with Crippen molar-refractivity contribution in [1.82, 2.24) is 30.1 Å². The highest BCUT2D eigenvalue weighted by atomic mass is 32.1. The van der Waals surface area contributed by atoms with E-state index in [1.165, 1.54) is 11.3 Å². The molecule has 3 amide bonds. The first kappa shape index (κ1) is 27.9. The molecule has 11 heteroatoms. The molecule has 2 aromatic carbocycles. The van der Waals surface area contributed by atoms with Crippen molar-refractivity contribution in [2.75, 3.05) is 32.8 Å². The number of hydrogen-bond acceptors (Lipinski definition) is 7. The Bertz CT molecular complexity index is 1630. The molecule has 2 N–H and O–H groups in total. The van der Waals surface area contributed by atoms with E-state index in [1.54, 1.807) is 15.9 Å². The quantitative estimate of drug-likeness (QED) is 0.379. The van der Waals surface area contributed by atoms with Gasteiger partial charge in [-0.05, 0) is 62.6 Å². The number of thiazole rings is 1. The van der Waals surface area contributed by atoms with Crippen LogP contribution in [0, 0.1) is 13.8 Å². The van der Waals surface area contributed by atoms with Gasteiger partial charge in [0, 0.05) is 36.5 Å². The predicted molar refractivity (Wildman–Crippen MR) is 160 cm³/mol. The Morgan fingerprint density at radius 2 is 1.95 bits per heavy atom. The Labute approximate surface area is 248 Å². The molecule has 2 aliphatic heterocycles. The minimum atomic E-state index is -0.323. The highest BCUT2D eigenvalue weighted by Crippen LogP contribution is 2.31. The number of imidazole rings is 1. The van der Waals surface area contributed by atoms with Crippen LogP contribution in [0.2, 0.25) is 0 Å². The summed E-state index contributed by atoms with van der Waals surface area (Å²) in [6.07, 6.45) is 1.62.